The SMILES string of the molecule is CCCCCCCCCCCCCCCCCC(=O)[O-].CCCCCCCCCCCCCCCCCC(=O)[O-].CCCCCCCCCCCCCCCC[N+](C)(C)C.CCO[Si](OCC)(OCC)OCC.O.[Al+3].[Cl-].[Cl-].[Cl-].[Cl-].[Co+2].[Na+].[OH-]. The van der Waals surface area contributed by atoms with Crippen molar-refractivity contribution in [3.63, 3.8) is 0 Å². The summed E-state index contributed by atoms with van der Waals surface area (Å²) in [6.45, 7) is 18.0. The number of carbonyl (C=O) groups is 2. The van der Waals surface area contributed by atoms with Crippen LogP contribution >= 0.6 is 0 Å². The third kappa shape index (κ3) is 113. The monoisotopic (exact) mass is 1340 g/mol. The average molecular weight is 1350 g/mol. The normalized spacial score (nSPS) is 10.1. The van der Waals surface area contributed by atoms with Crippen LogP contribution in [0.1, 0.15) is 344 Å². The number of carboxylic acid groups (broad SMARTS) is 2. The summed E-state index contributed by atoms with van der Waals surface area (Å²) in [5.74, 6) is -1.81. The van der Waals surface area contributed by atoms with Crippen LogP contribution in [-0.2, 0) is 44.1 Å². The molecule has 0 aliphatic heterocycles. The number of unbranched alkanes of at least 4 members (excludes halogenated alkanes) is 41. The van der Waals surface area contributed by atoms with Gasteiger partial charge in [-0.1, -0.05) is 278 Å². The molecule has 0 unspecified atom stereocenters. The summed E-state index contributed by atoms with van der Waals surface area (Å²) >= 11 is 0. The van der Waals surface area contributed by atoms with Gasteiger partial charge in [-0.15, -0.1) is 0 Å². The van der Waals surface area contributed by atoms with E-state index in [9.17, 15) is 19.8 Å². The first-order valence-corrected chi connectivity index (χ1v) is 33.7. The summed E-state index contributed by atoms with van der Waals surface area (Å²) in [5.41, 5.74) is 0. The van der Waals surface area contributed by atoms with E-state index >= 15 is 0 Å². The fourth-order valence-corrected chi connectivity index (χ4v) is 10.9. The van der Waals surface area contributed by atoms with Crippen LogP contribution in [0.15, 0.2) is 0 Å². The van der Waals surface area contributed by atoms with Crippen LogP contribution in [0.25, 0.3) is 0 Å². The second kappa shape index (κ2) is 99.3. The second-order valence-electron chi connectivity index (χ2n) is 22.0. The molecule has 0 heterocycles. The van der Waals surface area contributed by atoms with Gasteiger partial charge in [-0.3, -0.25) is 0 Å². The van der Waals surface area contributed by atoms with E-state index in [-0.39, 0.29) is 137 Å². The first-order valence-electron chi connectivity index (χ1n) is 32.1. The molecule has 0 aromatic rings. The molecule has 0 bridgehead atoms. The minimum atomic E-state index is -2.80. The molecule has 19 heteroatoms. The van der Waals surface area contributed by atoms with Gasteiger partial charge >= 0.3 is 72.7 Å². The van der Waals surface area contributed by atoms with E-state index in [1.165, 1.54) is 263 Å². The van der Waals surface area contributed by atoms with Crippen LogP contribution in [0.4, 0.5) is 0 Å². The van der Waals surface area contributed by atoms with Gasteiger partial charge < -0.3 is 103 Å². The minimum Gasteiger partial charge on any atom is -1.00 e. The molecule has 0 atom stereocenters. The number of rotatable bonds is 55. The molecular weight excluding hydrogens is 1210 g/mol. The van der Waals surface area contributed by atoms with E-state index in [0.29, 0.717) is 26.4 Å². The zero-order valence-electron chi connectivity index (χ0n) is 55.6. The van der Waals surface area contributed by atoms with Crippen molar-refractivity contribution in [1.29, 1.82) is 0 Å². The number of hydrogen-bond acceptors (Lipinski definition) is 9. The van der Waals surface area contributed by atoms with Crippen LogP contribution < -0.4 is 89.4 Å². The Balaban J connectivity index is -0.0000000686. The number of halogens is 4. The summed E-state index contributed by atoms with van der Waals surface area (Å²) in [4.78, 5) is 20.4. The number of carbonyl (C=O) groups excluding carboxylic acids is 2. The van der Waals surface area contributed by atoms with E-state index in [4.69, 9.17) is 17.7 Å². The predicted molar refractivity (Wildman–Crippen MR) is 326 cm³/mol. The maximum absolute atomic E-state index is 10.2. The van der Waals surface area contributed by atoms with Gasteiger partial charge in [-0.05, 0) is 66.2 Å². The van der Waals surface area contributed by atoms with Crippen molar-refractivity contribution >= 4 is 38.3 Å². The molecule has 82 heavy (non-hydrogen) atoms. The molecule has 0 saturated carbocycles. The summed E-state index contributed by atoms with van der Waals surface area (Å²) < 4.78 is 22.8. The topological polar surface area (TPSA) is 179 Å². The molecule has 0 rings (SSSR count). The molecule has 0 aromatic carbocycles. The standard InChI is InChI=1S/C19H42N.2C18H36O2.C8H20O4Si.Al.4ClH.Co.Na.2H2O/c1-5-6-7-8-9-10-11-12-13-14-15-16-17-18-19-20(2,3)4;2*1-2-3-4-5-6-7-8-9-10-11-12-13-14-15-16-17-18(19)20;1-5-9-13(10-6-2,11-7-3)12-8-4;;;;;;;;;/h5-19H2,1-4H3;2*2-17H2,1H3,(H,19,20);5-8H2,1-4H3;;4*1H;;;2*1H2/q+1;;;;+3;;;;;+2;+1;;/p-7. The Morgan fingerprint density at radius 1 is 0.329 bits per heavy atom. The third-order valence-corrected chi connectivity index (χ3v) is 16.0. The van der Waals surface area contributed by atoms with Gasteiger partial charge in [-0.2, -0.15) is 0 Å². The fourth-order valence-electron chi connectivity index (χ4n) is 9.02. The van der Waals surface area contributed by atoms with Crippen molar-refractivity contribution in [2.75, 3.05) is 54.1 Å². The van der Waals surface area contributed by atoms with Crippen molar-refractivity contribution in [1.82, 2.24) is 0 Å². The Hall–Kier alpha value is 2.08. The smallest absolute Gasteiger partial charge is 1.00 e. The number of carboxylic acids is 2. The van der Waals surface area contributed by atoms with Gasteiger partial charge in [0.15, 0.2) is 0 Å². The van der Waals surface area contributed by atoms with E-state index in [1.807, 2.05) is 27.7 Å². The fraction of sp³-hybridized carbons (Fsp3) is 0.968. The van der Waals surface area contributed by atoms with Crippen molar-refractivity contribution < 1.29 is 149 Å². The van der Waals surface area contributed by atoms with Crippen LogP contribution in [0, 0.1) is 0 Å². The van der Waals surface area contributed by atoms with Crippen molar-refractivity contribution in [2.45, 2.75) is 344 Å². The van der Waals surface area contributed by atoms with Crippen molar-refractivity contribution in [3.8, 4) is 0 Å². The largest absolute Gasteiger partial charge is 3.00 e. The molecule has 0 aliphatic carbocycles. The Morgan fingerprint density at radius 3 is 0.610 bits per heavy atom. The molecule has 0 fully saturated rings. The van der Waals surface area contributed by atoms with Crippen LogP contribution in [0.5, 0.6) is 0 Å². The zero-order valence-corrected chi connectivity index (χ0v) is 63.9. The maximum Gasteiger partial charge on any atom is 3.00 e. The molecule has 0 aromatic heterocycles. The number of hydrogen-bond donors (Lipinski definition) is 0. The molecule has 497 valence electrons. The molecule has 1 radical (unpaired) electrons. The van der Waals surface area contributed by atoms with Gasteiger partial charge in [0.2, 0.25) is 0 Å². The van der Waals surface area contributed by atoms with Gasteiger partial charge in [0.25, 0.3) is 0 Å². The number of nitrogens with zero attached hydrogens (tertiary/aromatic N) is 1. The minimum absolute atomic E-state index is 0. The molecule has 0 aliphatic rings. The molecule has 3 N–H and O–H groups in total. The van der Waals surface area contributed by atoms with Gasteiger partial charge in [0, 0.05) is 38.4 Å². The first-order chi connectivity index (χ1) is 35.3. The Kier molecular flexibility index (Phi) is 139. The third-order valence-electron chi connectivity index (χ3n) is 13.4. The van der Waals surface area contributed by atoms with Gasteiger partial charge in [0.05, 0.1) is 27.7 Å². The Morgan fingerprint density at radius 2 is 0.476 bits per heavy atom. The first kappa shape index (κ1) is 115. The Bertz CT molecular complexity index is 1010. The average Bonchev–Trinajstić information content (AvgIpc) is 3.34. The van der Waals surface area contributed by atoms with Crippen LogP contribution in [0.3, 0.4) is 0 Å². The van der Waals surface area contributed by atoms with E-state index in [1.54, 1.807) is 0 Å². The number of quaternary nitrogens is 1. The van der Waals surface area contributed by atoms with Crippen molar-refractivity contribution in [2.24, 2.45) is 0 Å². The van der Waals surface area contributed by atoms with Gasteiger partial charge in [0.1, 0.15) is 0 Å². The summed E-state index contributed by atoms with van der Waals surface area (Å²) in [6.07, 6.45) is 60.1. The zero-order chi connectivity index (χ0) is 55.0. The molecule has 0 spiro atoms. The molecule has 11 nitrogen and oxygen atoms in total. The predicted octanol–water partition coefficient (Wildman–Crippen LogP) is 1.37. The van der Waals surface area contributed by atoms with E-state index in [0.717, 1.165) is 30.2 Å². The quantitative estimate of drug-likeness (QED) is 0.0495. The summed E-state index contributed by atoms with van der Waals surface area (Å²) in [7, 11) is 4.09. The molecule has 0 saturated heterocycles. The summed E-state index contributed by atoms with van der Waals surface area (Å²) in [6, 6.07) is 0. The second-order valence-corrected chi connectivity index (χ2v) is 24.1. The Labute approximate surface area is 580 Å². The maximum atomic E-state index is 10.2. The van der Waals surface area contributed by atoms with E-state index in [2.05, 4.69) is 41.9 Å². The van der Waals surface area contributed by atoms with E-state index < -0.39 is 21.0 Å². The molecule has 0 amide bonds. The van der Waals surface area contributed by atoms with Crippen LogP contribution in [-0.4, -0.2) is 108 Å². The van der Waals surface area contributed by atoms with Crippen molar-refractivity contribution in [3.05, 3.63) is 0 Å². The summed E-state index contributed by atoms with van der Waals surface area (Å²) in [5, 5.41) is 20.4. The molecular formula is C63H135AlCl4CoNNaO10Si. The van der Waals surface area contributed by atoms with Crippen LogP contribution in [0.2, 0.25) is 0 Å². The van der Waals surface area contributed by atoms with Gasteiger partial charge in [-0.25, -0.2) is 0 Å². The number of aliphatic carboxylic acids is 2.